The minimum Gasteiger partial charge on any atom is -0.283 e. The van der Waals surface area contributed by atoms with Gasteiger partial charge >= 0.3 is 0 Å². The maximum absolute atomic E-state index is 5.83. The van der Waals surface area contributed by atoms with Crippen molar-refractivity contribution in [3.63, 3.8) is 0 Å². The highest BCUT2D eigenvalue weighted by Gasteiger charge is 2.21. The van der Waals surface area contributed by atoms with Crippen LogP contribution < -0.4 is 5.43 Å². The Hall–Kier alpha value is -0.540. The predicted molar refractivity (Wildman–Crippen MR) is 53.0 cm³/mol. The van der Waals surface area contributed by atoms with Crippen molar-refractivity contribution in [1.82, 2.24) is 10.4 Å². The molecular formula is C8H9ClN2S. The van der Waals surface area contributed by atoms with E-state index in [2.05, 4.69) is 17.8 Å². The largest absolute Gasteiger partial charge is 0.283 e. The van der Waals surface area contributed by atoms with E-state index < -0.39 is 0 Å². The van der Waals surface area contributed by atoms with E-state index in [0.717, 1.165) is 6.42 Å². The van der Waals surface area contributed by atoms with Gasteiger partial charge < -0.3 is 0 Å². The van der Waals surface area contributed by atoms with Crippen LogP contribution in [-0.2, 0) is 0 Å². The van der Waals surface area contributed by atoms with E-state index in [4.69, 9.17) is 11.6 Å². The average Bonchev–Trinajstić information content (AvgIpc) is 2.46. The van der Waals surface area contributed by atoms with Crippen LogP contribution in [0.25, 0.3) is 0 Å². The molecule has 0 aliphatic carbocycles. The van der Waals surface area contributed by atoms with Crippen LogP contribution in [0.5, 0.6) is 0 Å². The van der Waals surface area contributed by atoms with Gasteiger partial charge in [0.15, 0.2) is 0 Å². The van der Waals surface area contributed by atoms with Gasteiger partial charge in [-0.15, -0.1) is 0 Å². The first kappa shape index (κ1) is 8.08. The normalized spacial score (nSPS) is 20.8. The van der Waals surface area contributed by atoms with E-state index >= 15 is 0 Å². The lowest BCUT2D eigenvalue weighted by atomic mass is 10.3. The summed E-state index contributed by atoms with van der Waals surface area (Å²) in [7, 11) is 0. The molecule has 2 aliphatic heterocycles. The zero-order chi connectivity index (χ0) is 8.55. The zero-order valence-corrected chi connectivity index (χ0v) is 8.25. The van der Waals surface area contributed by atoms with Crippen LogP contribution in [0.2, 0.25) is 0 Å². The third-order valence-corrected chi connectivity index (χ3v) is 2.94. The van der Waals surface area contributed by atoms with Gasteiger partial charge in [0.25, 0.3) is 0 Å². The van der Waals surface area contributed by atoms with Crippen molar-refractivity contribution in [2.75, 3.05) is 0 Å². The summed E-state index contributed by atoms with van der Waals surface area (Å²) >= 11 is 7.55. The number of hydrogen-bond donors (Lipinski definition) is 1. The number of hydrazine groups is 1. The molecule has 12 heavy (non-hydrogen) atoms. The van der Waals surface area contributed by atoms with E-state index in [9.17, 15) is 0 Å². The molecule has 0 fully saturated rings. The summed E-state index contributed by atoms with van der Waals surface area (Å²) in [6.07, 6.45) is 4.90. The number of fused-ring (bicyclic) bond motifs is 1. The number of nitrogens with one attached hydrogen (secondary N) is 1. The molecule has 0 unspecified atom stereocenters. The highest BCUT2D eigenvalue weighted by Crippen LogP contribution is 2.36. The summed E-state index contributed by atoms with van der Waals surface area (Å²) in [5, 5.41) is 6.02. The van der Waals surface area contributed by atoms with Crippen LogP contribution >= 0.6 is 23.4 Å². The molecule has 0 radical (unpaired) electrons. The van der Waals surface area contributed by atoms with Crippen molar-refractivity contribution in [3.05, 3.63) is 33.4 Å². The maximum Gasteiger partial charge on any atom is 0.121 e. The number of rotatable bonds is 1. The van der Waals surface area contributed by atoms with Gasteiger partial charge in [0, 0.05) is 5.70 Å². The first-order valence-corrected chi connectivity index (χ1v) is 5.07. The van der Waals surface area contributed by atoms with Crippen molar-refractivity contribution in [2.24, 2.45) is 0 Å². The van der Waals surface area contributed by atoms with E-state index in [1.165, 1.54) is 10.7 Å². The molecule has 2 nitrogen and oxygen atoms in total. The van der Waals surface area contributed by atoms with Gasteiger partial charge in [0.1, 0.15) is 10.2 Å². The summed E-state index contributed by atoms with van der Waals surface area (Å²) < 4.78 is 0. The fourth-order valence-corrected chi connectivity index (χ4v) is 2.24. The Bertz CT molecular complexity index is 293. The average molecular weight is 201 g/mol. The van der Waals surface area contributed by atoms with Crippen molar-refractivity contribution in [2.45, 2.75) is 13.3 Å². The van der Waals surface area contributed by atoms with Crippen LogP contribution in [0.4, 0.5) is 0 Å². The lowest BCUT2D eigenvalue weighted by Gasteiger charge is -2.26. The molecule has 64 valence electrons. The Morgan fingerprint density at radius 3 is 3.17 bits per heavy atom. The Labute approximate surface area is 80.9 Å². The van der Waals surface area contributed by atoms with Gasteiger partial charge in [-0.05, 0) is 24.0 Å². The molecular weight excluding hydrogens is 192 g/mol. The molecule has 1 N–H and O–H groups in total. The Kier molecular flexibility index (Phi) is 2.07. The summed E-state index contributed by atoms with van der Waals surface area (Å²) in [4.78, 5) is 0. The Morgan fingerprint density at radius 1 is 1.58 bits per heavy atom. The Balaban J connectivity index is 2.24. The minimum atomic E-state index is 0.667. The first-order chi connectivity index (χ1) is 5.81. The number of hydrogen-bond acceptors (Lipinski definition) is 3. The van der Waals surface area contributed by atoms with Crippen molar-refractivity contribution in [3.8, 4) is 0 Å². The van der Waals surface area contributed by atoms with Crippen LogP contribution in [-0.4, -0.2) is 5.01 Å². The second kappa shape index (κ2) is 3.07. The second-order valence-electron chi connectivity index (χ2n) is 2.55. The monoisotopic (exact) mass is 200 g/mol. The summed E-state index contributed by atoms with van der Waals surface area (Å²) in [5.74, 6) is 0. The first-order valence-electron chi connectivity index (χ1n) is 3.81. The van der Waals surface area contributed by atoms with Crippen molar-refractivity contribution >= 4 is 23.4 Å². The number of thioether (sulfide) groups is 1. The van der Waals surface area contributed by atoms with Crippen molar-refractivity contribution < 1.29 is 0 Å². The van der Waals surface area contributed by atoms with Crippen LogP contribution in [0.15, 0.2) is 33.4 Å². The van der Waals surface area contributed by atoms with Crippen LogP contribution in [0.3, 0.4) is 0 Å². The molecule has 2 heterocycles. The molecule has 0 atom stereocenters. The van der Waals surface area contributed by atoms with Gasteiger partial charge in [-0.1, -0.05) is 30.3 Å². The van der Waals surface area contributed by atoms with Gasteiger partial charge in [-0.2, -0.15) is 0 Å². The van der Waals surface area contributed by atoms with E-state index in [1.54, 1.807) is 11.8 Å². The molecule has 4 heteroatoms. The van der Waals surface area contributed by atoms with Gasteiger partial charge in [-0.3, -0.25) is 10.4 Å². The molecule has 2 aliphatic rings. The molecule has 0 saturated carbocycles. The number of nitrogens with zero attached hydrogens (tertiary/aromatic N) is 1. The van der Waals surface area contributed by atoms with Gasteiger partial charge in [-0.25, -0.2) is 0 Å². The van der Waals surface area contributed by atoms with E-state index in [-0.39, 0.29) is 0 Å². The molecule has 0 aromatic carbocycles. The summed E-state index contributed by atoms with van der Waals surface area (Å²) in [6.45, 7) is 2.13. The second-order valence-corrected chi connectivity index (χ2v) is 3.84. The zero-order valence-electron chi connectivity index (χ0n) is 6.67. The molecule has 0 aromatic heterocycles. The minimum absolute atomic E-state index is 0.667. The van der Waals surface area contributed by atoms with Crippen LogP contribution in [0.1, 0.15) is 13.3 Å². The standard InChI is InChI=1S/C8H9ClN2S/c1-2-6-5-12-8-4-3-7(9)10-11(6)8/h3-5,10H,2H2,1H3. The quantitative estimate of drug-likeness (QED) is 0.656. The highest BCUT2D eigenvalue weighted by atomic mass is 35.5. The SMILES string of the molecule is CCC1=CSC2=CC=C(Cl)NN12. The lowest BCUT2D eigenvalue weighted by molar-refractivity contribution is 0.371. The predicted octanol–water partition coefficient (Wildman–Crippen LogP) is 2.73. The fraction of sp³-hybridized carbons (Fsp3) is 0.250. The summed E-state index contributed by atoms with van der Waals surface area (Å²) in [5.41, 5.74) is 4.34. The number of allylic oxidation sites excluding steroid dienone is 3. The molecule has 0 spiro atoms. The smallest absolute Gasteiger partial charge is 0.121 e. The van der Waals surface area contributed by atoms with E-state index in [0.29, 0.717) is 5.16 Å². The van der Waals surface area contributed by atoms with Gasteiger partial charge in [0.2, 0.25) is 0 Å². The van der Waals surface area contributed by atoms with Crippen LogP contribution in [0, 0.1) is 0 Å². The lowest BCUT2D eigenvalue weighted by Crippen LogP contribution is -2.33. The molecule has 0 aromatic rings. The fourth-order valence-electron chi connectivity index (χ4n) is 1.15. The molecule has 0 amide bonds. The third kappa shape index (κ3) is 1.23. The van der Waals surface area contributed by atoms with Crippen molar-refractivity contribution in [1.29, 1.82) is 0 Å². The topological polar surface area (TPSA) is 15.3 Å². The van der Waals surface area contributed by atoms with Gasteiger partial charge in [0.05, 0.1) is 0 Å². The van der Waals surface area contributed by atoms with E-state index in [1.807, 2.05) is 17.2 Å². The molecule has 0 saturated heterocycles. The molecule has 2 rings (SSSR count). The Morgan fingerprint density at radius 2 is 2.42 bits per heavy atom. The summed E-state index contributed by atoms with van der Waals surface area (Å²) in [6, 6.07) is 0. The molecule has 0 bridgehead atoms. The highest BCUT2D eigenvalue weighted by molar-refractivity contribution is 8.06. The third-order valence-electron chi connectivity index (χ3n) is 1.78. The number of halogens is 1. The maximum atomic E-state index is 5.83.